The van der Waals surface area contributed by atoms with Crippen LogP contribution in [0.2, 0.25) is 0 Å². The van der Waals surface area contributed by atoms with Crippen molar-refractivity contribution >= 4 is 37.7 Å². The molecule has 5 nitrogen and oxygen atoms in total. The molecule has 3 rings (SSSR count). The van der Waals surface area contributed by atoms with Gasteiger partial charge in [-0.2, -0.15) is 4.31 Å². The number of ether oxygens (including phenoxy) is 2. The number of sulfonamides is 1. The Hall–Kier alpha value is -1.22. The van der Waals surface area contributed by atoms with Gasteiger partial charge in [0.05, 0.1) is 18.6 Å². The zero-order valence-electron chi connectivity index (χ0n) is 15.2. The van der Waals surface area contributed by atoms with Crippen molar-refractivity contribution in [3.05, 3.63) is 52.5 Å². The molecular weight excluding hydrogens is 450 g/mol. The lowest BCUT2D eigenvalue weighted by atomic mass is 10.2. The van der Waals surface area contributed by atoms with E-state index in [4.69, 9.17) is 9.47 Å². The van der Waals surface area contributed by atoms with Crippen LogP contribution in [0, 0.1) is 0 Å². The number of thioether (sulfide) groups is 1. The summed E-state index contributed by atoms with van der Waals surface area (Å²) in [5, 5.41) is -0.256. The third-order valence-electron chi connectivity index (χ3n) is 4.12. The Balaban J connectivity index is 2.01. The Kier molecular flexibility index (Phi) is 6.73. The number of rotatable bonds is 7. The molecule has 1 aliphatic heterocycles. The van der Waals surface area contributed by atoms with Crippen LogP contribution in [0.3, 0.4) is 0 Å². The molecule has 0 amide bonds. The second-order valence-corrected chi connectivity index (χ2v) is 9.83. The van der Waals surface area contributed by atoms with Gasteiger partial charge in [-0.15, -0.1) is 11.8 Å². The van der Waals surface area contributed by atoms with E-state index in [0.29, 0.717) is 31.3 Å². The molecular formula is C19H22BrNO4S2. The van der Waals surface area contributed by atoms with E-state index < -0.39 is 10.0 Å². The minimum atomic E-state index is -3.74. The first-order chi connectivity index (χ1) is 13.0. The number of hydrogen-bond donors (Lipinski definition) is 0. The second-order valence-electron chi connectivity index (χ2n) is 5.87. The minimum Gasteiger partial charge on any atom is -0.494 e. The summed E-state index contributed by atoms with van der Waals surface area (Å²) in [5.41, 5.74) is 0.961. The van der Waals surface area contributed by atoms with Gasteiger partial charge in [0.2, 0.25) is 10.0 Å². The van der Waals surface area contributed by atoms with E-state index in [-0.39, 0.29) is 10.3 Å². The summed E-state index contributed by atoms with van der Waals surface area (Å²) in [7, 11) is -3.74. The van der Waals surface area contributed by atoms with Gasteiger partial charge < -0.3 is 9.47 Å². The largest absolute Gasteiger partial charge is 0.494 e. The van der Waals surface area contributed by atoms with Crippen LogP contribution in [0.4, 0.5) is 0 Å². The maximum atomic E-state index is 13.5. The molecule has 2 aromatic rings. The normalized spacial score (nSPS) is 17.8. The molecule has 0 aliphatic carbocycles. The highest BCUT2D eigenvalue weighted by Gasteiger charge is 2.38. The van der Waals surface area contributed by atoms with Crippen molar-refractivity contribution in [2.75, 3.05) is 25.5 Å². The average Bonchev–Trinajstić information content (AvgIpc) is 3.14. The lowest BCUT2D eigenvalue weighted by molar-refractivity contribution is 0.320. The Morgan fingerprint density at radius 1 is 1.11 bits per heavy atom. The first-order valence-electron chi connectivity index (χ1n) is 8.76. The monoisotopic (exact) mass is 471 g/mol. The van der Waals surface area contributed by atoms with Gasteiger partial charge >= 0.3 is 0 Å². The van der Waals surface area contributed by atoms with E-state index in [9.17, 15) is 8.42 Å². The highest BCUT2D eigenvalue weighted by molar-refractivity contribution is 9.10. The second kappa shape index (κ2) is 8.86. The van der Waals surface area contributed by atoms with Gasteiger partial charge in [-0.25, -0.2) is 8.42 Å². The number of nitrogens with zero attached hydrogens (tertiary/aromatic N) is 1. The summed E-state index contributed by atoms with van der Waals surface area (Å²) in [6.45, 7) is 5.02. The fraction of sp³-hybridized carbons (Fsp3) is 0.368. The van der Waals surface area contributed by atoms with E-state index in [1.165, 1.54) is 0 Å². The van der Waals surface area contributed by atoms with E-state index in [0.717, 1.165) is 15.8 Å². The van der Waals surface area contributed by atoms with Gasteiger partial charge in [-0.1, -0.05) is 28.1 Å². The predicted molar refractivity (Wildman–Crippen MR) is 112 cm³/mol. The standard InChI is InChI=1S/C19H22BrNO4S2/c1-3-24-16-9-10-17(25-4-2)18(13-16)27(22,23)21-11-12-26-19(21)14-5-7-15(20)8-6-14/h5-10,13,19H,3-4,11-12H2,1-2H3. The van der Waals surface area contributed by atoms with Crippen LogP contribution in [0.25, 0.3) is 0 Å². The van der Waals surface area contributed by atoms with E-state index in [2.05, 4.69) is 15.9 Å². The van der Waals surface area contributed by atoms with Crippen LogP contribution < -0.4 is 9.47 Å². The van der Waals surface area contributed by atoms with E-state index in [1.807, 2.05) is 38.1 Å². The maximum absolute atomic E-state index is 13.5. The van der Waals surface area contributed by atoms with Crippen LogP contribution >= 0.6 is 27.7 Å². The van der Waals surface area contributed by atoms with Gasteiger partial charge in [-0.05, 0) is 43.7 Å². The molecule has 1 heterocycles. The van der Waals surface area contributed by atoms with Crippen LogP contribution in [0.5, 0.6) is 11.5 Å². The molecule has 0 spiro atoms. The average molecular weight is 472 g/mol. The molecule has 1 aliphatic rings. The topological polar surface area (TPSA) is 55.8 Å². The number of hydrogen-bond acceptors (Lipinski definition) is 5. The fourth-order valence-corrected chi connectivity index (χ4v) is 6.59. The van der Waals surface area contributed by atoms with E-state index >= 15 is 0 Å². The van der Waals surface area contributed by atoms with Crippen molar-refractivity contribution in [1.82, 2.24) is 4.31 Å². The zero-order chi connectivity index (χ0) is 19.4. The molecule has 27 heavy (non-hydrogen) atoms. The molecule has 1 atom stereocenters. The highest BCUT2D eigenvalue weighted by atomic mass is 79.9. The third kappa shape index (κ3) is 4.45. The molecule has 1 saturated heterocycles. The molecule has 8 heteroatoms. The molecule has 0 bridgehead atoms. The zero-order valence-corrected chi connectivity index (χ0v) is 18.4. The van der Waals surface area contributed by atoms with Crippen molar-refractivity contribution < 1.29 is 17.9 Å². The smallest absolute Gasteiger partial charge is 0.248 e. The molecule has 1 fully saturated rings. The van der Waals surface area contributed by atoms with Gasteiger partial charge in [0.15, 0.2) is 0 Å². The molecule has 0 aromatic heterocycles. The summed E-state index contributed by atoms with van der Waals surface area (Å²) < 4.78 is 40.6. The van der Waals surface area contributed by atoms with E-state index in [1.54, 1.807) is 34.3 Å². The van der Waals surface area contributed by atoms with Crippen LogP contribution in [0.15, 0.2) is 51.8 Å². The molecule has 2 aromatic carbocycles. The van der Waals surface area contributed by atoms with Gasteiger partial charge in [0, 0.05) is 22.8 Å². The Morgan fingerprint density at radius 2 is 1.81 bits per heavy atom. The lowest BCUT2D eigenvalue weighted by Gasteiger charge is -2.25. The predicted octanol–water partition coefficient (Wildman–Crippen LogP) is 4.68. The van der Waals surface area contributed by atoms with Crippen molar-refractivity contribution in [3.8, 4) is 11.5 Å². The first-order valence-corrected chi connectivity index (χ1v) is 12.0. The number of halogens is 1. The SMILES string of the molecule is CCOc1ccc(OCC)c(S(=O)(=O)N2CCSC2c2ccc(Br)cc2)c1. The summed E-state index contributed by atoms with van der Waals surface area (Å²) in [5.74, 6) is 1.62. The Morgan fingerprint density at radius 3 is 2.48 bits per heavy atom. The van der Waals surface area contributed by atoms with Crippen LogP contribution in [0.1, 0.15) is 24.8 Å². The molecule has 0 saturated carbocycles. The summed E-state index contributed by atoms with van der Waals surface area (Å²) in [4.78, 5) is 0.153. The molecule has 0 N–H and O–H groups in total. The van der Waals surface area contributed by atoms with Gasteiger partial charge in [0.25, 0.3) is 0 Å². The van der Waals surface area contributed by atoms with Crippen molar-refractivity contribution in [1.29, 1.82) is 0 Å². The van der Waals surface area contributed by atoms with Crippen molar-refractivity contribution in [2.24, 2.45) is 0 Å². The van der Waals surface area contributed by atoms with Gasteiger partial charge in [-0.3, -0.25) is 0 Å². The van der Waals surface area contributed by atoms with Gasteiger partial charge in [0.1, 0.15) is 16.4 Å². The quantitative estimate of drug-likeness (QED) is 0.586. The van der Waals surface area contributed by atoms with Crippen molar-refractivity contribution in [3.63, 3.8) is 0 Å². The Bertz CT molecular complexity index is 887. The molecule has 146 valence electrons. The number of benzene rings is 2. The van der Waals surface area contributed by atoms with Crippen LogP contribution in [-0.4, -0.2) is 38.2 Å². The fourth-order valence-electron chi connectivity index (χ4n) is 2.94. The highest BCUT2D eigenvalue weighted by Crippen LogP contribution is 2.43. The van der Waals surface area contributed by atoms with Crippen LogP contribution in [-0.2, 0) is 10.0 Å². The Labute approximate surface area is 173 Å². The molecule has 1 unspecified atom stereocenters. The maximum Gasteiger partial charge on any atom is 0.248 e. The summed E-state index contributed by atoms with van der Waals surface area (Å²) in [6, 6.07) is 12.7. The minimum absolute atomic E-state index is 0.153. The lowest BCUT2D eigenvalue weighted by Crippen LogP contribution is -2.31. The first kappa shape index (κ1) is 20.5. The third-order valence-corrected chi connectivity index (χ3v) is 7.93. The summed E-state index contributed by atoms with van der Waals surface area (Å²) in [6.07, 6.45) is 0. The summed E-state index contributed by atoms with van der Waals surface area (Å²) >= 11 is 5.05. The molecule has 0 radical (unpaired) electrons. The van der Waals surface area contributed by atoms with Crippen molar-refractivity contribution in [2.45, 2.75) is 24.1 Å².